The fourth-order valence-electron chi connectivity index (χ4n) is 3.34. The molecule has 6 nitrogen and oxygen atoms in total. The average molecular weight is 397 g/mol. The van der Waals surface area contributed by atoms with Crippen molar-refractivity contribution in [1.82, 2.24) is 20.1 Å². The van der Waals surface area contributed by atoms with Gasteiger partial charge in [0.25, 0.3) is 5.91 Å². The summed E-state index contributed by atoms with van der Waals surface area (Å²) in [6.45, 7) is 1.77. The summed E-state index contributed by atoms with van der Waals surface area (Å²) in [5.41, 5.74) is 3.04. The first-order chi connectivity index (χ1) is 13.7. The Hall–Kier alpha value is -2.70. The fraction of sp³-hybridized carbons (Fsp3) is 0.286. The number of aromatic amines is 1. The molecule has 28 heavy (non-hydrogen) atoms. The van der Waals surface area contributed by atoms with Crippen molar-refractivity contribution in [2.24, 2.45) is 0 Å². The number of nitrogens with zero attached hydrogens (tertiary/aromatic N) is 3. The Balaban J connectivity index is 1.54. The van der Waals surface area contributed by atoms with E-state index in [0.717, 1.165) is 30.6 Å². The number of halogens is 1. The van der Waals surface area contributed by atoms with E-state index >= 15 is 0 Å². The van der Waals surface area contributed by atoms with Gasteiger partial charge in [-0.2, -0.15) is 5.10 Å². The molecule has 0 radical (unpaired) electrons. The zero-order chi connectivity index (χ0) is 19.3. The van der Waals surface area contributed by atoms with E-state index in [-0.39, 0.29) is 12.0 Å². The molecule has 0 spiro atoms. The Morgan fingerprint density at radius 2 is 2.14 bits per heavy atom. The Bertz CT molecular complexity index is 921. The number of pyridine rings is 1. The molecule has 1 aromatic carbocycles. The van der Waals surface area contributed by atoms with Gasteiger partial charge >= 0.3 is 0 Å². The Morgan fingerprint density at radius 3 is 2.86 bits per heavy atom. The number of amides is 1. The number of ether oxygens (including phenoxy) is 1. The van der Waals surface area contributed by atoms with Gasteiger partial charge in [-0.1, -0.05) is 29.8 Å². The normalized spacial score (nSPS) is 16.2. The molecule has 0 aliphatic carbocycles. The van der Waals surface area contributed by atoms with Gasteiger partial charge in [-0.3, -0.25) is 14.9 Å². The lowest BCUT2D eigenvalue weighted by Crippen LogP contribution is -2.37. The highest BCUT2D eigenvalue weighted by Gasteiger charge is 2.25. The number of H-pyrrole nitrogens is 1. The summed E-state index contributed by atoms with van der Waals surface area (Å²) in [6.07, 6.45) is 5.57. The minimum atomic E-state index is -0.105. The van der Waals surface area contributed by atoms with Crippen molar-refractivity contribution < 1.29 is 9.53 Å². The predicted molar refractivity (Wildman–Crippen MR) is 107 cm³/mol. The Kier molecular flexibility index (Phi) is 5.69. The monoisotopic (exact) mass is 396 g/mol. The van der Waals surface area contributed by atoms with Gasteiger partial charge < -0.3 is 9.64 Å². The van der Waals surface area contributed by atoms with Crippen LogP contribution in [-0.2, 0) is 11.3 Å². The standard InChI is InChI=1S/C21H21ClN4O2/c22-17-7-5-16(6-8-17)19-11-20(25-24-19)21(27)26(14-18-4-2-10-28-18)13-15-3-1-9-23-12-15/h1,3,5-9,11-12,18H,2,4,10,13-14H2,(H,24,25). The van der Waals surface area contributed by atoms with Crippen molar-refractivity contribution in [3.63, 3.8) is 0 Å². The van der Waals surface area contributed by atoms with Gasteiger partial charge in [0.1, 0.15) is 5.69 Å². The second kappa shape index (κ2) is 8.54. The second-order valence-corrected chi connectivity index (χ2v) is 7.29. The van der Waals surface area contributed by atoms with E-state index in [1.54, 1.807) is 35.5 Å². The van der Waals surface area contributed by atoms with E-state index in [1.165, 1.54) is 0 Å². The van der Waals surface area contributed by atoms with Crippen molar-refractivity contribution in [2.75, 3.05) is 13.2 Å². The SMILES string of the molecule is O=C(c1cc(-c2ccc(Cl)cc2)n[nH]1)N(Cc1cccnc1)CC1CCCO1. The summed E-state index contributed by atoms with van der Waals surface area (Å²) in [5, 5.41) is 7.84. The van der Waals surface area contributed by atoms with Crippen LogP contribution in [0.5, 0.6) is 0 Å². The molecule has 1 N–H and O–H groups in total. The third-order valence-corrected chi connectivity index (χ3v) is 5.03. The molecule has 4 rings (SSSR count). The number of rotatable bonds is 6. The molecule has 3 aromatic rings. The van der Waals surface area contributed by atoms with Gasteiger partial charge in [-0.05, 0) is 42.7 Å². The van der Waals surface area contributed by atoms with Crippen LogP contribution in [0.4, 0.5) is 0 Å². The van der Waals surface area contributed by atoms with Gasteiger partial charge in [0.2, 0.25) is 0 Å². The average Bonchev–Trinajstić information content (AvgIpc) is 3.40. The van der Waals surface area contributed by atoms with Gasteiger partial charge in [-0.25, -0.2) is 0 Å². The minimum absolute atomic E-state index is 0.0688. The summed E-state index contributed by atoms with van der Waals surface area (Å²) >= 11 is 5.95. The number of carbonyl (C=O) groups is 1. The second-order valence-electron chi connectivity index (χ2n) is 6.86. The molecule has 1 atom stereocenters. The van der Waals surface area contributed by atoms with Crippen LogP contribution in [0.15, 0.2) is 54.9 Å². The van der Waals surface area contributed by atoms with Crippen LogP contribution < -0.4 is 0 Å². The van der Waals surface area contributed by atoms with E-state index in [9.17, 15) is 4.79 Å². The molecule has 1 amide bonds. The summed E-state index contributed by atoms with van der Waals surface area (Å²) < 4.78 is 5.75. The summed E-state index contributed by atoms with van der Waals surface area (Å²) in [4.78, 5) is 19.1. The van der Waals surface area contributed by atoms with Gasteiger partial charge in [0, 0.05) is 42.7 Å². The first-order valence-corrected chi connectivity index (χ1v) is 9.68. The zero-order valence-corrected chi connectivity index (χ0v) is 16.1. The molecule has 7 heteroatoms. The topological polar surface area (TPSA) is 71.1 Å². The lowest BCUT2D eigenvalue weighted by molar-refractivity contribution is 0.0502. The van der Waals surface area contributed by atoms with Crippen molar-refractivity contribution in [2.45, 2.75) is 25.5 Å². The number of nitrogens with one attached hydrogen (secondary N) is 1. The smallest absolute Gasteiger partial charge is 0.272 e. The van der Waals surface area contributed by atoms with Crippen LogP contribution in [0.3, 0.4) is 0 Å². The summed E-state index contributed by atoms with van der Waals surface area (Å²) in [7, 11) is 0. The molecular weight excluding hydrogens is 376 g/mol. The van der Waals surface area contributed by atoms with Crippen LogP contribution >= 0.6 is 11.6 Å². The Morgan fingerprint density at radius 1 is 1.29 bits per heavy atom. The lowest BCUT2D eigenvalue weighted by Gasteiger charge is -2.25. The fourth-order valence-corrected chi connectivity index (χ4v) is 3.46. The van der Waals surface area contributed by atoms with Crippen molar-refractivity contribution in [3.05, 3.63) is 71.1 Å². The number of aromatic nitrogens is 3. The molecule has 1 saturated heterocycles. The zero-order valence-electron chi connectivity index (χ0n) is 15.3. The molecule has 0 bridgehead atoms. The summed E-state index contributed by atoms with van der Waals surface area (Å²) in [6, 6.07) is 13.0. The molecule has 144 valence electrons. The number of hydrogen-bond acceptors (Lipinski definition) is 4. The van der Waals surface area contributed by atoms with Gasteiger partial charge in [-0.15, -0.1) is 0 Å². The van der Waals surface area contributed by atoms with Crippen LogP contribution in [-0.4, -0.2) is 45.2 Å². The molecule has 1 aliphatic rings. The molecular formula is C21H21ClN4O2. The van der Waals surface area contributed by atoms with Crippen LogP contribution in [0.25, 0.3) is 11.3 Å². The van der Waals surface area contributed by atoms with Crippen molar-refractivity contribution in [3.8, 4) is 11.3 Å². The van der Waals surface area contributed by atoms with Crippen molar-refractivity contribution in [1.29, 1.82) is 0 Å². The molecule has 3 heterocycles. The third-order valence-electron chi connectivity index (χ3n) is 4.78. The van der Waals surface area contributed by atoms with E-state index in [1.807, 2.05) is 24.3 Å². The minimum Gasteiger partial charge on any atom is -0.376 e. The molecule has 1 aliphatic heterocycles. The first kappa shape index (κ1) is 18.7. The van der Waals surface area contributed by atoms with E-state index in [0.29, 0.717) is 29.5 Å². The highest BCUT2D eigenvalue weighted by Crippen LogP contribution is 2.22. The van der Waals surface area contributed by atoms with Crippen LogP contribution in [0.2, 0.25) is 5.02 Å². The number of benzene rings is 1. The molecule has 1 fully saturated rings. The maximum atomic E-state index is 13.2. The molecule has 2 aromatic heterocycles. The molecule has 1 unspecified atom stereocenters. The maximum absolute atomic E-state index is 13.2. The predicted octanol–water partition coefficient (Wildman–Crippen LogP) is 3.95. The van der Waals surface area contributed by atoms with Crippen LogP contribution in [0, 0.1) is 0 Å². The van der Waals surface area contributed by atoms with E-state index < -0.39 is 0 Å². The quantitative estimate of drug-likeness (QED) is 0.684. The van der Waals surface area contributed by atoms with Gasteiger partial charge in [0.15, 0.2) is 0 Å². The van der Waals surface area contributed by atoms with E-state index in [4.69, 9.17) is 16.3 Å². The maximum Gasteiger partial charge on any atom is 0.272 e. The number of carbonyl (C=O) groups excluding carboxylic acids is 1. The molecule has 0 saturated carbocycles. The van der Waals surface area contributed by atoms with Crippen LogP contribution in [0.1, 0.15) is 28.9 Å². The lowest BCUT2D eigenvalue weighted by atomic mass is 10.1. The Labute approximate surface area is 168 Å². The van der Waals surface area contributed by atoms with Gasteiger partial charge in [0.05, 0.1) is 11.8 Å². The van der Waals surface area contributed by atoms with E-state index in [2.05, 4.69) is 15.2 Å². The highest BCUT2D eigenvalue weighted by molar-refractivity contribution is 6.30. The summed E-state index contributed by atoms with van der Waals surface area (Å²) in [5.74, 6) is -0.105. The third kappa shape index (κ3) is 4.40. The highest BCUT2D eigenvalue weighted by atomic mass is 35.5. The van der Waals surface area contributed by atoms with Crippen molar-refractivity contribution >= 4 is 17.5 Å². The number of hydrogen-bond donors (Lipinski definition) is 1. The first-order valence-electron chi connectivity index (χ1n) is 9.30. The largest absolute Gasteiger partial charge is 0.376 e.